The second-order valence-electron chi connectivity index (χ2n) is 5.45. The van der Waals surface area contributed by atoms with Gasteiger partial charge < -0.3 is 4.90 Å². The van der Waals surface area contributed by atoms with Crippen LogP contribution in [0.15, 0.2) is 17.8 Å². The van der Waals surface area contributed by atoms with Crippen LogP contribution in [0.25, 0.3) is 0 Å². The molecule has 23 heavy (non-hydrogen) atoms. The largest absolute Gasteiger partial charge is 0.434 e. The Kier molecular flexibility index (Phi) is 4.49. The van der Waals surface area contributed by atoms with Gasteiger partial charge in [0.1, 0.15) is 5.01 Å². The third-order valence-electron chi connectivity index (χ3n) is 3.62. The van der Waals surface area contributed by atoms with E-state index in [1.165, 1.54) is 0 Å². The summed E-state index contributed by atoms with van der Waals surface area (Å²) < 4.78 is 37.7. The second kappa shape index (κ2) is 6.40. The minimum Gasteiger partial charge on any atom is -0.338 e. The molecule has 0 atom stereocenters. The van der Waals surface area contributed by atoms with Crippen molar-refractivity contribution >= 4 is 17.3 Å². The third kappa shape index (κ3) is 3.97. The third-order valence-corrected chi connectivity index (χ3v) is 4.46. The molecule has 3 rings (SSSR count). The molecule has 1 saturated heterocycles. The van der Waals surface area contributed by atoms with Gasteiger partial charge in [-0.15, -0.1) is 11.3 Å². The summed E-state index contributed by atoms with van der Waals surface area (Å²) in [5, 5.41) is 1.57. The summed E-state index contributed by atoms with van der Waals surface area (Å²) in [5.41, 5.74) is 0.209. The molecule has 9 heteroatoms. The molecule has 0 unspecified atom stereocenters. The second-order valence-corrected chi connectivity index (χ2v) is 6.39. The topological polar surface area (TPSA) is 45.2 Å². The number of halogens is 3. The minimum absolute atomic E-state index is 0.448. The molecule has 0 amide bonds. The lowest BCUT2D eigenvalue weighted by Gasteiger charge is -2.34. The molecule has 1 aliphatic heterocycles. The number of rotatable bonds is 3. The van der Waals surface area contributed by atoms with Gasteiger partial charge in [-0.25, -0.2) is 15.0 Å². The first kappa shape index (κ1) is 16.1. The van der Waals surface area contributed by atoms with Crippen LogP contribution in [-0.2, 0) is 12.7 Å². The van der Waals surface area contributed by atoms with Gasteiger partial charge >= 0.3 is 6.18 Å². The summed E-state index contributed by atoms with van der Waals surface area (Å²) in [4.78, 5) is 16.5. The standard InChI is InChI=1S/C14H16F3N5S/c1-10-6-18-13(19-7-10)22-4-2-21(3-5-22)8-12-20-11(9-23-12)14(15,16)17/h6-7,9H,2-5,8H2,1H3. The zero-order chi connectivity index (χ0) is 16.4. The molecule has 2 aromatic rings. The van der Waals surface area contributed by atoms with Crippen LogP contribution in [0.1, 0.15) is 16.3 Å². The molecule has 1 aliphatic rings. The molecule has 5 nitrogen and oxygen atoms in total. The Bertz CT molecular complexity index is 647. The highest BCUT2D eigenvalue weighted by molar-refractivity contribution is 7.09. The summed E-state index contributed by atoms with van der Waals surface area (Å²) >= 11 is 1.06. The Hall–Kier alpha value is -1.74. The lowest BCUT2D eigenvalue weighted by molar-refractivity contribution is -0.140. The van der Waals surface area contributed by atoms with Gasteiger partial charge in [0.15, 0.2) is 5.69 Å². The Labute approximate surface area is 135 Å². The average molecular weight is 343 g/mol. The van der Waals surface area contributed by atoms with Gasteiger partial charge in [0, 0.05) is 44.0 Å². The van der Waals surface area contributed by atoms with E-state index in [4.69, 9.17) is 0 Å². The Morgan fingerprint density at radius 2 is 1.78 bits per heavy atom. The van der Waals surface area contributed by atoms with Crippen molar-refractivity contribution in [3.05, 3.63) is 34.0 Å². The van der Waals surface area contributed by atoms with Crippen LogP contribution in [0.3, 0.4) is 0 Å². The first-order chi connectivity index (χ1) is 10.9. The lowest BCUT2D eigenvalue weighted by atomic mass is 10.3. The van der Waals surface area contributed by atoms with Gasteiger partial charge in [-0.2, -0.15) is 13.2 Å². The maximum atomic E-state index is 12.6. The number of alkyl halides is 3. The van der Waals surface area contributed by atoms with Crippen molar-refractivity contribution in [3.8, 4) is 0 Å². The van der Waals surface area contributed by atoms with Crippen LogP contribution in [0.5, 0.6) is 0 Å². The molecule has 0 aliphatic carbocycles. The highest BCUT2D eigenvalue weighted by Gasteiger charge is 2.33. The summed E-state index contributed by atoms with van der Waals surface area (Å²) in [6, 6.07) is 0. The van der Waals surface area contributed by atoms with Crippen LogP contribution in [-0.4, -0.2) is 46.0 Å². The number of thiazole rings is 1. The number of nitrogens with zero attached hydrogens (tertiary/aromatic N) is 5. The fraction of sp³-hybridized carbons (Fsp3) is 0.500. The predicted octanol–water partition coefficient (Wildman–Crippen LogP) is 2.58. The van der Waals surface area contributed by atoms with Crippen molar-refractivity contribution in [2.75, 3.05) is 31.1 Å². The summed E-state index contributed by atoms with van der Waals surface area (Å²) in [7, 11) is 0. The van der Waals surface area contributed by atoms with Crippen molar-refractivity contribution in [2.24, 2.45) is 0 Å². The lowest BCUT2D eigenvalue weighted by Crippen LogP contribution is -2.46. The van der Waals surface area contributed by atoms with E-state index < -0.39 is 11.9 Å². The smallest absolute Gasteiger partial charge is 0.338 e. The van der Waals surface area contributed by atoms with Gasteiger partial charge in [0.05, 0.1) is 6.54 Å². The van der Waals surface area contributed by atoms with Crippen molar-refractivity contribution in [2.45, 2.75) is 19.6 Å². The molecule has 1 fully saturated rings. The quantitative estimate of drug-likeness (QED) is 0.857. The van der Waals surface area contributed by atoms with Crippen LogP contribution in [0.4, 0.5) is 19.1 Å². The molecule has 0 saturated carbocycles. The summed E-state index contributed by atoms with van der Waals surface area (Å²) in [6.07, 6.45) is -0.803. The minimum atomic E-state index is -4.36. The van der Waals surface area contributed by atoms with Gasteiger partial charge in [-0.3, -0.25) is 4.90 Å². The number of anilines is 1. The summed E-state index contributed by atoms with van der Waals surface area (Å²) in [5.74, 6) is 0.698. The normalized spacial score (nSPS) is 16.8. The number of aryl methyl sites for hydroxylation is 1. The Morgan fingerprint density at radius 3 is 2.35 bits per heavy atom. The zero-order valence-corrected chi connectivity index (χ0v) is 13.4. The summed E-state index contributed by atoms with van der Waals surface area (Å²) in [6.45, 7) is 5.38. The fourth-order valence-electron chi connectivity index (χ4n) is 2.36. The maximum absolute atomic E-state index is 12.6. The van der Waals surface area contributed by atoms with Crippen molar-refractivity contribution in [1.29, 1.82) is 0 Å². The molecular weight excluding hydrogens is 327 g/mol. The molecule has 0 N–H and O–H groups in total. The molecule has 0 radical (unpaired) electrons. The SMILES string of the molecule is Cc1cnc(N2CCN(Cc3nc(C(F)(F)F)cs3)CC2)nc1. The first-order valence-electron chi connectivity index (χ1n) is 7.19. The predicted molar refractivity (Wildman–Crippen MR) is 81.4 cm³/mol. The highest BCUT2D eigenvalue weighted by Crippen LogP contribution is 2.30. The Morgan fingerprint density at radius 1 is 1.13 bits per heavy atom. The van der Waals surface area contributed by atoms with Crippen molar-refractivity contribution in [3.63, 3.8) is 0 Å². The van der Waals surface area contributed by atoms with E-state index in [0.29, 0.717) is 17.5 Å². The van der Waals surface area contributed by atoms with E-state index in [-0.39, 0.29) is 0 Å². The van der Waals surface area contributed by atoms with Crippen LogP contribution in [0.2, 0.25) is 0 Å². The van der Waals surface area contributed by atoms with E-state index in [1.807, 2.05) is 6.92 Å². The maximum Gasteiger partial charge on any atom is 0.434 e. The van der Waals surface area contributed by atoms with E-state index in [1.54, 1.807) is 12.4 Å². The van der Waals surface area contributed by atoms with E-state index >= 15 is 0 Å². The van der Waals surface area contributed by atoms with Crippen molar-refractivity contribution < 1.29 is 13.2 Å². The molecule has 2 aromatic heterocycles. The van der Waals surface area contributed by atoms with E-state index in [2.05, 4.69) is 24.8 Å². The first-order valence-corrected chi connectivity index (χ1v) is 8.07. The average Bonchev–Trinajstić information content (AvgIpc) is 2.98. The van der Waals surface area contributed by atoms with Crippen LogP contribution >= 0.6 is 11.3 Å². The molecule has 0 spiro atoms. The van der Waals surface area contributed by atoms with Crippen molar-refractivity contribution in [1.82, 2.24) is 19.9 Å². The van der Waals surface area contributed by atoms with Crippen LogP contribution in [0, 0.1) is 6.92 Å². The van der Waals surface area contributed by atoms with E-state index in [0.717, 1.165) is 48.5 Å². The zero-order valence-electron chi connectivity index (χ0n) is 12.5. The van der Waals surface area contributed by atoms with Gasteiger partial charge in [0.25, 0.3) is 0 Å². The van der Waals surface area contributed by atoms with E-state index in [9.17, 15) is 13.2 Å². The Balaban J connectivity index is 1.55. The van der Waals surface area contributed by atoms with Gasteiger partial charge in [-0.1, -0.05) is 0 Å². The monoisotopic (exact) mass is 343 g/mol. The molecule has 3 heterocycles. The highest BCUT2D eigenvalue weighted by atomic mass is 32.1. The molecule has 124 valence electrons. The number of hydrogen-bond acceptors (Lipinski definition) is 6. The molecular formula is C14H16F3N5S. The fourth-order valence-corrected chi connectivity index (χ4v) is 3.20. The number of piperazine rings is 1. The molecule has 0 aromatic carbocycles. The molecule has 0 bridgehead atoms. The van der Waals surface area contributed by atoms with Gasteiger partial charge in [0.2, 0.25) is 5.95 Å². The van der Waals surface area contributed by atoms with Crippen LogP contribution < -0.4 is 4.90 Å². The van der Waals surface area contributed by atoms with Gasteiger partial charge in [-0.05, 0) is 12.5 Å². The number of aromatic nitrogens is 3. The number of hydrogen-bond donors (Lipinski definition) is 0.